The van der Waals surface area contributed by atoms with Crippen LogP contribution >= 0.6 is 0 Å². The van der Waals surface area contributed by atoms with Gasteiger partial charge in [0.15, 0.2) is 0 Å². The fourth-order valence-corrected chi connectivity index (χ4v) is 2.59. The van der Waals surface area contributed by atoms with Gasteiger partial charge >= 0.3 is 11.9 Å². The Hall–Kier alpha value is -4.16. The fourth-order valence-electron chi connectivity index (χ4n) is 2.59. The lowest BCUT2D eigenvalue weighted by molar-refractivity contribution is -0.138. The standard InChI is InChI=1S/C26H26N2O4/c1-27(2)21-13-7-19(8-14-21)11-17-23(25(29)31-5)24(26(30)32-6)18-12-20-9-15-22(16-10-20)28(3)4/h7-10,13-16H,1-6H3/b24-23+. The number of carbonyl (C=O) groups is 2. The van der Waals surface area contributed by atoms with Crippen LogP contribution in [0.15, 0.2) is 59.7 Å². The van der Waals surface area contributed by atoms with Crippen molar-refractivity contribution in [3.63, 3.8) is 0 Å². The zero-order chi connectivity index (χ0) is 23.7. The van der Waals surface area contributed by atoms with Crippen LogP contribution in [0.5, 0.6) is 0 Å². The average Bonchev–Trinajstić information content (AvgIpc) is 2.80. The molecule has 0 spiro atoms. The number of methoxy groups -OCH3 is 2. The van der Waals surface area contributed by atoms with Crippen LogP contribution in [-0.4, -0.2) is 54.3 Å². The summed E-state index contributed by atoms with van der Waals surface area (Å²) >= 11 is 0. The van der Waals surface area contributed by atoms with Gasteiger partial charge in [-0.1, -0.05) is 23.7 Å². The molecule has 0 bridgehead atoms. The highest BCUT2D eigenvalue weighted by atomic mass is 16.5. The van der Waals surface area contributed by atoms with Crippen molar-refractivity contribution in [2.24, 2.45) is 0 Å². The minimum Gasteiger partial charge on any atom is -0.465 e. The first-order valence-corrected chi connectivity index (χ1v) is 9.76. The lowest BCUT2D eigenvalue weighted by Crippen LogP contribution is -2.13. The van der Waals surface area contributed by atoms with E-state index in [0.717, 1.165) is 11.4 Å². The van der Waals surface area contributed by atoms with E-state index >= 15 is 0 Å². The maximum atomic E-state index is 12.4. The van der Waals surface area contributed by atoms with E-state index in [9.17, 15) is 9.59 Å². The molecule has 2 aromatic rings. The molecule has 0 atom stereocenters. The number of hydrogen-bond donors (Lipinski definition) is 0. The molecule has 0 heterocycles. The van der Waals surface area contributed by atoms with Gasteiger partial charge in [0.2, 0.25) is 0 Å². The molecule has 6 heteroatoms. The van der Waals surface area contributed by atoms with Gasteiger partial charge in [-0.3, -0.25) is 0 Å². The van der Waals surface area contributed by atoms with Crippen LogP contribution in [0.3, 0.4) is 0 Å². The first kappa shape index (κ1) is 24.1. The molecule has 2 rings (SSSR count). The molecule has 32 heavy (non-hydrogen) atoms. The van der Waals surface area contributed by atoms with Crippen LogP contribution in [0, 0.1) is 23.7 Å². The average molecular weight is 431 g/mol. The summed E-state index contributed by atoms with van der Waals surface area (Å²) in [5.74, 6) is 9.75. The summed E-state index contributed by atoms with van der Waals surface area (Å²) < 4.78 is 9.67. The first-order chi connectivity index (χ1) is 15.3. The van der Waals surface area contributed by atoms with E-state index in [0.29, 0.717) is 11.1 Å². The van der Waals surface area contributed by atoms with Gasteiger partial charge in [0.05, 0.1) is 14.2 Å². The fraction of sp³-hybridized carbons (Fsp3) is 0.231. The van der Waals surface area contributed by atoms with Gasteiger partial charge in [-0.2, -0.15) is 0 Å². The van der Waals surface area contributed by atoms with E-state index < -0.39 is 11.9 Å². The smallest absolute Gasteiger partial charge is 0.348 e. The van der Waals surface area contributed by atoms with Crippen molar-refractivity contribution in [2.45, 2.75) is 0 Å². The second-order valence-corrected chi connectivity index (χ2v) is 7.12. The van der Waals surface area contributed by atoms with Crippen molar-refractivity contribution in [3.8, 4) is 23.7 Å². The van der Waals surface area contributed by atoms with Gasteiger partial charge in [0.1, 0.15) is 11.1 Å². The monoisotopic (exact) mass is 430 g/mol. The normalized spacial score (nSPS) is 10.4. The minimum absolute atomic E-state index is 0.159. The van der Waals surface area contributed by atoms with Crippen molar-refractivity contribution < 1.29 is 19.1 Å². The maximum absolute atomic E-state index is 12.4. The molecular formula is C26H26N2O4. The van der Waals surface area contributed by atoms with E-state index in [1.807, 2.05) is 86.5 Å². The highest BCUT2D eigenvalue weighted by Gasteiger charge is 2.20. The predicted octanol–water partition coefficient (Wildman–Crippen LogP) is 2.86. The third kappa shape index (κ3) is 6.42. The molecule has 0 unspecified atom stereocenters. The minimum atomic E-state index is -0.764. The number of anilines is 2. The van der Waals surface area contributed by atoms with Gasteiger partial charge in [0.25, 0.3) is 0 Å². The van der Waals surface area contributed by atoms with Gasteiger partial charge in [-0.15, -0.1) is 0 Å². The van der Waals surface area contributed by atoms with Gasteiger partial charge < -0.3 is 19.3 Å². The molecule has 0 saturated heterocycles. The van der Waals surface area contributed by atoms with Crippen molar-refractivity contribution in [1.82, 2.24) is 0 Å². The van der Waals surface area contributed by atoms with Crippen LogP contribution in [0.25, 0.3) is 0 Å². The van der Waals surface area contributed by atoms with Crippen molar-refractivity contribution >= 4 is 23.3 Å². The van der Waals surface area contributed by atoms with E-state index in [1.54, 1.807) is 0 Å². The Kier molecular flexibility index (Phi) is 8.51. The van der Waals surface area contributed by atoms with Crippen molar-refractivity contribution in [2.75, 3.05) is 52.2 Å². The number of ether oxygens (including phenoxy) is 2. The summed E-state index contributed by atoms with van der Waals surface area (Å²) in [5.41, 5.74) is 3.06. The summed E-state index contributed by atoms with van der Waals surface area (Å²) in [6, 6.07) is 14.9. The quantitative estimate of drug-likeness (QED) is 0.422. The van der Waals surface area contributed by atoms with Crippen molar-refractivity contribution in [3.05, 3.63) is 70.8 Å². The zero-order valence-electron chi connectivity index (χ0n) is 19.1. The number of esters is 2. The van der Waals surface area contributed by atoms with Gasteiger partial charge in [-0.25, -0.2) is 9.59 Å². The molecule has 0 aromatic heterocycles. The lowest BCUT2D eigenvalue weighted by Gasteiger charge is -2.11. The first-order valence-electron chi connectivity index (χ1n) is 9.76. The molecule has 0 amide bonds. The number of rotatable bonds is 4. The molecule has 164 valence electrons. The second kappa shape index (κ2) is 11.3. The SMILES string of the molecule is COC(=O)/C(C#Cc1ccc(N(C)C)cc1)=C(\C#Cc1ccc(N(C)C)cc1)C(=O)OC. The zero-order valence-corrected chi connectivity index (χ0v) is 19.1. The third-order valence-corrected chi connectivity index (χ3v) is 4.46. The number of hydrogen-bond acceptors (Lipinski definition) is 6. The predicted molar refractivity (Wildman–Crippen MR) is 126 cm³/mol. The maximum Gasteiger partial charge on any atom is 0.348 e. The summed E-state index contributed by atoms with van der Waals surface area (Å²) in [4.78, 5) is 28.7. The van der Waals surface area contributed by atoms with E-state index in [4.69, 9.17) is 9.47 Å². The molecule has 6 nitrogen and oxygen atoms in total. The Morgan fingerprint density at radius 3 is 1.19 bits per heavy atom. The largest absolute Gasteiger partial charge is 0.465 e. The summed E-state index contributed by atoms with van der Waals surface area (Å²) in [7, 11) is 10.2. The topological polar surface area (TPSA) is 59.1 Å². The summed E-state index contributed by atoms with van der Waals surface area (Å²) in [5, 5.41) is 0. The Bertz CT molecular complexity index is 1030. The molecule has 2 aromatic carbocycles. The molecular weight excluding hydrogens is 404 g/mol. The molecule has 0 fully saturated rings. The second-order valence-electron chi connectivity index (χ2n) is 7.12. The highest BCUT2D eigenvalue weighted by molar-refractivity contribution is 6.06. The molecule has 0 saturated carbocycles. The van der Waals surface area contributed by atoms with Crippen LogP contribution < -0.4 is 9.80 Å². The lowest BCUT2D eigenvalue weighted by atomic mass is 10.1. The van der Waals surface area contributed by atoms with Crippen LogP contribution in [0.1, 0.15) is 11.1 Å². The summed E-state index contributed by atoms with van der Waals surface area (Å²) in [6.45, 7) is 0. The highest BCUT2D eigenvalue weighted by Crippen LogP contribution is 2.14. The van der Waals surface area contributed by atoms with E-state index in [1.165, 1.54) is 14.2 Å². The van der Waals surface area contributed by atoms with Crippen LogP contribution in [0.2, 0.25) is 0 Å². The Balaban J connectivity index is 2.52. The Labute approximate surface area is 189 Å². The number of carbonyl (C=O) groups excluding carboxylic acids is 2. The molecule has 0 aliphatic carbocycles. The van der Waals surface area contributed by atoms with E-state index in [-0.39, 0.29) is 11.1 Å². The molecule has 0 radical (unpaired) electrons. The molecule has 0 aliphatic rings. The van der Waals surface area contributed by atoms with E-state index in [2.05, 4.69) is 23.7 Å². The van der Waals surface area contributed by atoms with Crippen LogP contribution in [-0.2, 0) is 19.1 Å². The van der Waals surface area contributed by atoms with Crippen LogP contribution in [0.4, 0.5) is 11.4 Å². The Morgan fingerprint density at radius 2 is 0.938 bits per heavy atom. The third-order valence-electron chi connectivity index (χ3n) is 4.46. The number of nitrogens with zero attached hydrogens (tertiary/aromatic N) is 2. The molecule has 0 N–H and O–H groups in total. The number of benzene rings is 2. The van der Waals surface area contributed by atoms with Gasteiger partial charge in [-0.05, 0) is 48.5 Å². The van der Waals surface area contributed by atoms with Gasteiger partial charge in [0, 0.05) is 50.7 Å². The Morgan fingerprint density at radius 1 is 0.625 bits per heavy atom. The summed E-state index contributed by atoms with van der Waals surface area (Å²) in [6.07, 6.45) is 0. The molecule has 0 aliphatic heterocycles. The van der Waals surface area contributed by atoms with Crippen molar-refractivity contribution in [1.29, 1.82) is 0 Å².